The van der Waals surface area contributed by atoms with Crippen molar-refractivity contribution in [2.75, 3.05) is 0 Å². The molecule has 1 atom stereocenters. The molecule has 0 radical (unpaired) electrons. The molecule has 0 saturated heterocycles. The van der Waals surface area contributed by atoms with Gasteiger partial charge in [0.1, 0.15) is 5.75 Å². The summed E-state index contributed by atoms with van der Waals surface area (Å²) in [5, 5.41) is 0.934. The molecule has 21 heavy (non-hydrogen) atoms. The van der Waals surface area contributed by atoms with Crippen LogP contribution in [0, 0.1) is 0 Å². The third-order valence-corrected chi connectivity index (χ3v) is 3.05. The Bertz CT molecular complexity index is 735. The first-order chi connectivity index (χ1) is 10.2. The summed E-state index contributed by atoms with van der Waals surface area (Å²) in [7, 11) is 0. The van der Waals surface area contributed by atoms with Crippen molar-refractivity contribution in [3.8, 4) is 11.8 Å². The normalized spacial score (nSPS) is 12.3. The number of hydrogen-bond acceptors (Lipinski definition) is 5. The predicted molar refractivity (Wildman–Crippen MR) is 81.2 cm³/mol. The number of nitrogens with two attached hydrogens (primary N) is 1. The minimum absolute atomic E-state index is 0.0875. The van der Waals surface area contributed by atoms with Crippen molar-refractivity contribution in [3.05, 3.63) is 54.5 Å². The van der Waals surface area contributed by atoms with Gasteiger partial charge in [0.15, 0.2) is 0 Å². The van der Waals surface area contributed by atoms with Crippen LogP contribution in [0.5, 0.6) is 11.8 Å². The van der Waals surface area contributed by atoms with Gasteiger partial charge >= 0.3 is 6.01 Å². The van der Waals surface area contributed by atoms with E-state index in [1.807, 2.05) is 37.3 Å². The molecule has 0 bridgehead atoms. The molecule has 1 unspecified atom stereocenters. The van der Waals surface area contributed by atoms with Gasteiger partial charge in [0.05, 0.1) is 5.52 Å². The van der Waals surface area contributed by atoms with Crippen LogP contribution in [0.2, 0.25) is 0 Å². The van der Waals surface area contributed by atoms with Crippen molar-refractivity contribution in [1.82, 2.24) is 15.0 Å². The van der Waals surface area contributed by atoms with Crippen molar-refractivity contribution in [3.63, 3.8) is 0 Å². The van der Waals surface area contributed by atoms with E-state index in [2.05, 4.69) is 15.0 Å². The molecule has 0 fully saturated rings. The summed E-state index contributed by atoms with van der Waals surface area (Å²) in [5.74, 6) is 0.695. The number of aromatic nitrogens is 3. The van der Waals surface area contributed by atoms with Crippen molar-refractivity contribution in [2.24, 2.45) is 5.73 Å². The van der Waals surface area contributed by atoms with Crippen LogP contribution in [0.15, 0.2) is 48.9 Å². The molecule has 2 heterocycles. The Labute approximate surface area is 122 Å². The van der Waals surface area contributed by atoms with Crippen LogP contribution >= 0.6 is 0 Å². The minimum atomic E-state index is 0.0875. The maximum absolute atomic E-state index is 5.76. The van der Waals surface area contributed by atoms with E-state index in [0.29, 0.717) is 11.8 Å². The third-order valence-electron chi connectivity index (χ3n) is 3.05. The summed E-state index contributed by atoms with van der Waals surface area (Å²) in [6.45, 7) is 1.95. The zero-order chi connectivity index (χ0) is 14.7. The molecule has 3 rings (SSSR count). The van der Waals surface area contributed by atoms with Crippen molar-refractivity contribution in [1.29, 1.82) is 0 Å². The largest absolute Gasteiger partial charge is 0.424 e. The molecule has 2 N–H and O–H groups in total. The van der Waals surface area contributed by atoms with Crippen LogP contribution in [0.4, 0.5) is 0 Å². The first-order valence-electron chi connectivity index (χ1n) is 6.80. The lowest BCUT2D eigenvalue weighted by molar-refractivity contribution is 0.445. The highest BCUT2D eigenvalue weighted by molar-refractivity contribution is 5.84. The number of rotatable bonds is 4. The quantitative estimate of drug-likeness (QED) is 0.795. The van der Waals surface area contributed by atoms with Crippen molar-refractivity contribution in [2.45, 2.75) is 19.4 Å². The van der Waals surface area contributed by atoms with Gasteiger partial charge in [-0.15, -0.1) is 0 Å². The summed E-state index contributed by atoms with van der Waals surface area (Å²) < 4.78 is 5.76. The molecule has 0 aliphatic carbocycles. The molecule has 0 spiro atoms. The van der Waals surface area contributed by atoms with Crippen molar-refractivity contribution >= 4 is 10.9 Å². The van der Waals surface area contributed by atoms with Gasteiger partial charge in [-0.2, -0.15) is 0 Å². The number of hydrogen-bond donors (Lipinski definition) is 1. The van der Waals surface area contributed by atoms with Crippen LogP contribution in [0.3, 0.4) is 0 Å². The van der Waals surface area contributed by atoms with Gasteiger partial charge in [0.2, 0.25) is 0 Å². The van der Waals surface area contributed by atoms with E-state index in [9.17, 15) is 0 Å². The number of pyridine rings is 1. The summed E-state index contributed by atoms with van der Waals surface area (Å²) in [5.41, 5.74) is 7.63. The molecule has 3 aromatic rings. The Hall–Kier alpha value is -2.53. The third kappa shape index (κ3) is 3.14. The van der Waals surface area contributed by atoms with Gasteiger partial charge in [-0.3, -0.25) is 4.98 Å². The van der Waals surface area contributed by atoms with E-state index in [-0.39, 0.29) is 6.04 Å². The van der Waals surface area contributed by atoms with Crippen LogP contribution in [0.25, 0.3) is 10.9 Å². The summed E-state index contributed by atoms with van der Waals surface area (Å²) in [6, 6.07) is 9.96. The Morgan fingerprint density at radius 3 is 2.67 bits per heavy atom. The highest BCUT2D eigenvalue weighted by atomic mass is 16.5. The molecular formula is C16H16N4O. The Morgan fingerprint density at radius 2 is 1.90 bits per heavy atom. The first-order valence-corrected chi connectivity index (χ1v) is 6.80. The second kappa shape index (κ2) is 5.85. The fourth-order valence-electron chi connectivity index (χ4n) is 2.14. The molecule has 0 aliphatic rings. The first kappa shape index (κ1) is 13.5. The second-order valence-electron chi connectivity index (χ2n) is 4.98. The minimum Gasteiger partial charge on any atom is -0.424 e. The monoisotopic (exact) mass is 280 g/mol. The lowest BCUT2D eigenvalue weighted by Gasteiger charge is -2.08. The number of nitrogens with zero attached hydrogens (tertiary/aromatic N) is 3. The maximum atomic E-state index is 5.76. The molecule has 106 valence electrons. The Balaban J connectivity index is 1.85. The standard InChI is InChI=1S/C16H16N4O/c1-11(17)8-12-9-19-16(20-10-12)21-15-6-2-5-14-13(15)4-3-7-18-14/h2-7,9-11H,8,17H2,1H3. The van der Waals surface area contributed by atoms with E-state index in [1.165, 1.54) is 0 Å². The van der Waals surface area contributed by atoms with E-state index in [4.69, 9.17) is 10.5 Å². The van der Waals surface area contributed by atoms with Gasteiger partial charge < -0.3 is 10.5 Å². The maximum Gasteiger partial charge on any atom is 0.321 e. The average Bonchev–Trinajstić information content (AvgIpc) is 2.49. The van der Waals surface area contributed by atoms with Crippen LogP contribution in [-0.4, -0.2) is 21.0 Å². The number of ether oxygens (including phenoxy) is 1. The van der Waals surface area contributed by atoms with E-state index < -0.39 is 0 Å². The van der Waals surface area contributed by atoms with Crippen molar-refractivity contribution < 1.29 is 4.74 Å². The summed E-state index contributed by atoms with van der Waals surface area (Å²) in [6.07, 6.45) is 5.99. The number of benzene rings is 1. The van der Waals surface area contributed by atoms with Crippen LogP contribution < -0.4 is 10.5 Å². The topological polar surface area (TPSA) is 73.9 Å². The average molecular weight is 280 g/mol. The zero-order valence-electron chi connectivity index (χ0n) is 11.7. The fraction of sp³-hybridized carbons (Fsp3) is 0.188. The Kier molecular flexibility index (Phi) is 3.75. The molecule has 1 aromatic carbocycles. The van der Waals surface area contributed by atoms with Crippen LogP contribution in [0.1, 0.15) is 12.5 Å². The van der Waals surface area contributed by atoms with Gasteiger partial charge in [-0.1, -0.05) is 6.07 Å². The second-order valence-corrected chi connectivity index (χ2v) is 4.98. The summed E-state index contributed by atoms with van der Waals surface area (Å²) in [4.78, 5) is 12.7. The molecule has 2 aromatic heterocycles. The molecule has 0 amide bonds. The molecule has 5 heteroatoms. The Morgan fingerprint density at radius 1 is 1.10 bits per heavy atom. The van der Waals surface area contributed by atoms with E-state index in [0.717, 1.165) is 22.9 Å². The fourth-order valence-corrected chi connectivity index (χ4v) is 2.14. The van der Waals surface area contributed by atoms with E-state index in [1.54, 1.807) is 18.6 Å². The molecule has 5 nitrogen and oxygen atoms in total. The van der Waals surface area contributed by atoms with E-state index >= 15 is 0 Å². The SMILES string of the molecule is CC(N)Cc1cnc(Oc2cccc3ncccc23)nc1. The van der Waals surface area contributed by atoms with Gasteiger partial charge in [-0.25, -0.2) is 9.97 Å². The summed E-state index contributed by atoms with van der Waals surface area (Å²) >= 11 is 0. The molecule has 0 aliphatic heterocycles. The highest BCUT2D eigenvalue weighted by Crippen LogP contribution is 2.26. The van der Waals surface area contributed by atoms with Crippen LogP contribution in [-0.2, 0) is 6.42 Å². The molecule has 0 saturated carbocycles. The predicted octanol–water partition coefficient (Wildman–Crippen LogP) is 2.71. The van der Waals surface area contributed by atoms with Gasteiger partial charge in [-0.05, 0) is 43.2 Å². The van der Waals surface area contributed by atoms with Gasteiger partial charge in [0, 0.05) is 30.0 Å². The lowest BCUT2D eigenvalue weighted by Crippen LogP contribution is -2.17. The smallest absolute Gasteiger partial charge is 0.321 e. The number of fused-ring (bicyclic) bond motifs is 1. The lowest BCUT2D eigenvalue weighted by atomic mass is 10.1. The highest BCUT2D eigenvalue weighted by Gasteiger charge is 2.06. The zero-order valence-corrected chi connectivity index (χ0v) is 11.7. The van der Waals surface area contributed by atoms with Gasteiger partial charge in [0.25, 0.3) is 0 Å². The molecular weight excluding hydrogens is 264 g/mol.